The monoisotopic (exact) mass is 448 g/mol. The van der Waals surface area contributed by atoms with E-state index in [0.29, 0.717) is 22.0 Å². The number of allylic oxidation sites excluding steroid dienone is 1. The Bertz CT molecular complexity index is 1080. The highest BCUT2D eigenvalue weighted by atomic mass is 31.2. The maximum atomic E-state index is 14.5. The minimum absolute atomic E-state index is 0.512. The molecule has 166 valence electrons. The first-order valence-corrected chi connectivity index (χ1v) is 12.2. The number of ether oxygens (including phenoxy) is 1. The number of carbonyl (C=O) groups excluding carboxylic acids is 1. The highest BCUT2D eigenvalue weighted by Gasteiger charge is 2.29. The summed E-state index contributed by atoms with van der Waals surface area (Å²) in [6.07, 6.45) is -0.570. The van der Waals surface area contributed by atoms with Crippen LogP contribution in [0.2, 0.25) is 0 Å². The van der Waals surface area contributed by atoms with Crippen molar-refractivity contribution < 1.29 is 14.1 Å². The molecule has 3 rings (SSSR count). The molecule has 6 heteroatoms. The van der Waals surface area contributed by atoms with Gasteiger partial charge >= 0.3 is 6.09 Å². The Balaban J connectivity index is 2.10. The summed E-state index contributed by atoms with van der Waals surface area (Å²) in [7, 11) is -3.28. The van der Waals surface area contributed by atoms with Crippen molar-refractivity contribution in [2.45, 2.75) is 33.3 Å². The van der Waals surface area contributed by atoms with Crippen molar-refractivity contribution in [1.29, 1.82) is 0 Å². The lowest BCUT2D eigenvalue weighted by atomic mass is 10.1. The van der Waals surface area contributed by atoms with E-state index in [1.807, 2.05) is 91.0 Å². The van der Waals surface area contributed by atoms with Gasteiger partial charge in [0.25, 0.3) is 0 Å². The molecular formula is C26H29N2O3P. The Morgan fingerprint density at radius 2 is 1.22 bits per heavy atom. The lowest BCUT2D eigenvalue weighted by Crippen LogP contribution is -2.34. The molecule has 0 atom stereocenters. The normalized spacial score (nSPS) is 12.5. The molecule has 0 saturated heterocycles. The Hall–Kier alpha value is -3.30. The fourth-order valence-electron chi connectivity index (χ4n) is 3.20. The number of alkyl carbamates (subject to hydrolysis) is 1. The lowest BCUT2D eigenvalue weighted by molar-refractivity contribution is 0.0546. The van der Waals surface area contributed by atoms with Crippen LogP contribution in [-0.4, -0.2) is 11.7 Å². The van der Waals surface area contributed by atoms with E-state index in [1.165, 1.54) is 0 Å². The molecule has 32 heavy (non-hydrogen) atoms. The van der Waals surface area contributed by atoms with Crippen molar-refractivity contribution in [1.82, 2.24) is 10.4 Å². The zero-order valence-corrected chi connectivity index (χ0v) is 19.7. The molecule has 0 heterocycles. The van der Waals surface area contributed by atoms with Gasteiger partial charge in [-0.3, -0.25) is 9.88 Å². The van der Waals surface area contributed by atoms with Gasteiger partial charge in [0, 0.05) is 16.3 Å². The molecule has 0 fully saturated rings. The zero-order valence-electron chi connectivity index (χ0n) is 18.8. The number of hydrogen-bond acceptors (Lipinski definition) is 3. The minimum Gasteiger partial charge on any atom is -0.444 e. The predicted molar refractivity (Wildman–Crippen MR) is 131 cm³/mol. The van der Waals surface area contributed by atoms with E-state index in [9.17, 15) is 9.36 Å². The van der Waals surface area contributed by atoms with E-state index in [0.717, 1.165) is 5.56 Å². The third-order valence-corrected chi connectivity index (χ3v) is 7.22. The second kappa shape index (κ2) is 9.88. The summed E-state index contributed by atoms with van der Waals surface area (Å²) < 4.78 is 19.9. The van der Waals surface area contributed by atoms with Crippen molar-refractivity contribution in [3.63, 3.8) is 0 Å². The van der Waals surface area contributed by atoms with Gasteiger partial charge in [0.2, 0.25) is 7.29 Å². The SMILES string of the molecule is C/C(NC(=O)OC(C)(C)C)=C(/NP(=O)(c1ccccc1)c1ccccc1)c1ccccc1. The Labute approximate surface area is 189 Å². The highest BCUT2D eigenvalue weighted by molar-refractivity contribution is 7.77. The molecule has 0 radical (unpaired) electrons. The van der Waals surface area contributed by atoms with Crippen molar-refractivity contribution in [3.8, 4) is 0 Å². The summed E-state index contributed by atoms with van der Waals surface area (Å²) in [4.78, 5) is 12.4. The van der Waals surface area contributed by atoms with Gasteiger partial charge in [0.1, 0.15) is 5.60 Å². The topological polar surface area (TPSA) is 67.4 Å². The second-order valence-electron chi connectivity index (χ2n) is 8.39. The summed E-state index contributed by atoms with van der Waals surface area (Å²) in [6.45, 7) is 7.18. The van der Waals surface area contributed by atoms with Gasteiger partial charge in [-0.2, -0.15) is 0 Å². The molecule has 0 aliphatic rings. The van der Waals surface area contributed by atoms with Crippen LogP contribution in [0.15, 0.2) is 96.7 Å². The fraction of sp³-hybridized carbons (Fsp3) is 0.192. The molecule has 1 amide bonds. The third kappa shape index (κ3) is 5.89. The van der Waals surface area contributed by atoms with Gasteiger partial charge in [0.15, 0.2) is 0 Å². The highest BCUT2D eigenvalue weighted by Crippen LogP contribution is 2.42. The molecule has 0 spiro atoms. The van der Waals surface area contributed by atoms with E-state index in [1.54, 1.807) is 27.7 Å². The number of rotatable bonds is 6. The first-order valence-electron chi connectivity index (χ1n) is 10.4. The van der Waals surface area contributed by atoms with Gasteiger partial charge in [-0.1, -0.05) is 66.7 Å². The molecule has 5 nitrogen and oxygen atoms in total. The summed E-state index contributed by atoms with van der Waals surface area (Å²) >= 11 is 0. The molecular weight excluding hydrogens is 419 g/mol. The van der Waals surface area contributed by atoms with Gasteiger partial charge in [-0.15, -0.1) is 0 Å². The molecule has 3 aromatic rings. The van der Waals surface area contributed by atoms with Crippen molar-refractivity contribution >= 4 is 29.7 Å². The summed E-state index contributed by atoms with van der Waals surface area (Å²) in [5.74, 6) is 0. The molecule has 2 N–H and O–H groups in total. The number of carbonyl (C=O) groups is 1. The quantitative estimate of drug-likeness (QED) is 0.494. The Morgan fingerprint density at radius 1 is 0.781 bits per heavy atom. The molecule has 0 aliphatic carbocycles. The van der Waals surface area contributed by atoms with E-state index < -0.39 is 19.0 Å². The first-order chi connectivity index (χ1) is 15.2. The summed E-state index contributed by atoms with van der Waals surface area (Å²) in [6, 6.07) is 28.1. The van der Waals surface area contributed by atoms with Gasteiger partial charge in [-0.25, -0.2) is 4.79 Å². The van der Waals surface area contributed by atoms with Crippen LogP contribution < -0.4 is 21.0 Å². The first kappa shape index (κ1) is 23.4. The zero-order chi connectivity index (χ0) is 23.2. The average molecular weight is 449 g/mol. The summed E-state index contributed by atoms with van der Waals surface area (Å²) in [5, 5.41) is 7.45. The molecule has 0 bridgehead atoms. The second-order valence-corrected chi connectivity index (χ2v) is 10.9. The smallest absolute Gasteiger partial charge is 0.411 e. The molecule has 0 aliphatic heterocycles. The van der Waals surface area contributed by atoms with Crippen LogP contribution >= 0.6 is 7.29 Å². The van der Waals surface area contributed by atoms with Gasteiger partial charge in [0.05, 0.1) is 5.70 Å². The standard InChI is InChI=1S/C26H29N2O3P/c1-20(27-25(29)31-26(2,3)4)24(21-14-8-5-9-15-21)28-32(30,22-16-10-6-11-17-22)23-18-12-7-13-19-23/h5-19H,1-4H3,(H,27,29)(H,28,30)/b24-20-. The van der Waals surface area contributed by atoms with E-state index in [2.05, 4.69) is 10.4 Å². The number of nitrogens with one attached hydrogen (secondary N) is 2. The fourth-order valence-corrected chi connectivity index (χ4v) is 5.55. The number of amides is 1. The average Bonchev–Trinajstić information content (AvgIpc) is 2.77. The van der Waals surface area contributed by atoms with E-state index in [-0.39, 0.29) is 0 Å². The van der Waals surface area contributed by atoms with Crippen LogP contribution in [0.3, 0.4) is 0 Å². The van der Waals surface area contributed by atoms with Crippen molar-refractivity contribution in [2.75, 3.05) is 0 Å². The van der Waals surface area contributed by atoms with Crippen LogP contribution in [0.4, 0.5) is 4.79 Å². The maximum Gasteiger partial charge on any atom is 0.411 e. The minimum atomic E-state index is -3.28. The maximum absolute atomic E-state index is 14.5. The molecule has 0 aromatic heterocycles. The Morgan fingerprint density at radius 3 is 1.66 bits per heavy atom. The van der Waals surface area contributed by atoms with Crippen LogP contribution in [0.5, 0.6) is 0 Å². The molecule has 3 aromatic carbocycles. The lowest BCUT2D eigenvalue weighted by Gasteiger charge is -2.26. The van der Waals surface area contributed by atoms with Crippen LogP contribution in [0, 0.1) is 0 Å². The largest absolute Gasteiger partial charge is 0.444 e. The van der Waals surface area contributed by atoms with Crippen LogP contribution in [-0.2, 0) is 9.30 Å². The van der Waals surface area contributed by atoms with E-state index >= 15 is 0 Å². The Kier molecular flexibility index (Phi) is 7.22. The predicted octanol–water partition coefficient (Wildman–Crippen LogP) is 5.42. The summed E-state index contributed by atoms with van der Waals surface area (Å²) in [5.41, 5.74) is 1.24. The molecule has 0 saturated carbocycles. The van der Waals surface area contributed by atoms with Crippen LogP contribution in [0.25, 0.3) is 5.70 Å². The number of hydrogen-bond donors (Lipinski definition) is 2. The van der Waals surface area contributed by atoms with Crippen molar-refractivity contribution in [2.24, 2.45) is 0 Å². The van der Waals surface area contributed by atoms with Crippen LogP contribution in [0.1, 0.15) is 33.3 Å². The molecule has 0 unspecified atom stereocenters. The number of benzene rings is 3. The van der Waals surface area contributed by atoms with E-state index in [4.69, 9.17) is 4.74 Å². The van der Waals surface area contributed by atoms with Gasteiger partial charge in [-0.05, 0) is 57.5 Å². The third-order valence-electron chi connectivity index (χ3n) is 4.63. The van der Waals surface area contributed by atoms with Crippen molar-refractivity contribution in [3.05, 3.63) is 102 Å². The van der Waals surface area contributed by atoms with Gasteiger partial charge < -0.3 is 9.82 Å².